The van der Waals surface area contributed by atoms with Crippen molar-refractivity contribution < 1.29 is 14.8 Å². The number of halogens is 1. The lowest BCUT2D eigenvalue weighted by Crippen LogP contribution is -1.87. The highest BCUT2D eigenvalue weighted by Crippen LogP contribution is 2.32. The Kier molecular flexibility index (Phi) is 3.68. The largest absolute Gasteiger partial charge is 0.504 e. The first-order chi connectivity index (χ1) is 7.04. The van der Waals surface area contributed by atoms with E-state index >= 15 is 0 Å². The number of rotatable bonds is 3. The van der Waals surface area contributed by atoms with Gasteiger partial charge in [-0.25, -0.2) is 0 Å². The van der Waals surface area contributed by atoms with E-state index in [9.17, 15) is 15.2 Å². The van der Waals surface area contributed by atoms with Gasteiger partial charge in [0.15, 0.2) is 11.5 Å². The maximum absolute atomic E-state index is 10.1. The average Bonchev–Trinajstić information content (AvgIpc) is 2.18. The second-order valence-electron chi connectivity index (χ2n) is 2.65. The van der Waals surface area contributed by atoms with Crippen molar-refractivity contribution in [3.63, 3.8) is 0 Å². The third-order valence-electron chi connectivity index (χ3n) is 1.67. The molecule has 6 heteroatoms. The van der Waals surface area contributed by atoms with Gasteiger partial charge in [-0.1, -0.05) is 15.9 Å². The SMILES string of the molecule is COc1cc(Br)c(C=C[N+](=O)[O-])cc1O. The van der Waals surface area contributed by atoms with Gasteiger partial charge in [-0.2, -0.15) is 0 Å². The fraction of sp³-hybridized carbons (Fsp3) is 0.111. The van der Waals surface area contributed by atoms with E-state index in [2.05, 4.69) is 15.9 Å². The summed E-state index contributed by atoms with van der Waals surface area (Å²) in [5, 5.41) is 19.5. The summed E-state index contributed by atoms with van der Waals surface area (Å²) in [4.78, 5) is 9.53. The van der Waals surface area contributed by atoms with Crippen molar-refractivity contribution in [3.05, 3.63) is 38.5 Å². The van der Waals surface area contributed by atoms with E-state index in [1.807, 2.05) is 0 Å². The summed E-state index contributed by atoms with van der Waals surface area (Å²) in [6.07, 6.45) is 2.08. The van der Waals surface area contributed by atoms with Crippen LogP contribution < -0.4 is 4.74 Å². The molecule has 0 heterocycles. The smallest absolute Gasteiger partial charge is 0.235 e. The summed E-state index contributed by atoms with van der Waals surface area (Å²) in [7, 11) is 1.42. The number of hydrogen-bond acceptors (Lipinski definition) is 4. The molecule has 15 heavy (non-hydrogen) atoms. The molecule has 1 N–H and O–H groups in total. The van der Waals surface area contributed by atoms with E-state index in [1.165, 1.54) is 25.3 Å². The molecule has 0 saturated carbocycles. The number of ether oxygens (including phenoxy) is 1. The molecule has 0 radical (unpaired) electrons. The number of phenols is 1. The summed E-state index contributed by atoms with van der Waals surface area (Å²) in [6.45, 7) is 0. The highest BCUT2D eigenvalue weighted by Gasteiger charge is 2.06. The lowest BCUT2D eigenvalue weighted by Gasteiger charge is -2.05. The first-order valence-electron chi connectivity index (χ1n) is 3.93. The van der Waals surface area contributed by atoms with Gasteiger partial charge in [-0.3, -0.25) is 10.1 Å². The third kappa shape index (κ3) is 2.95. The van der Waals surface area contributed by atoms with Crippen molar-refractivity contribution in [3.8, 4) is 11.5 Å². The zero-order valence-corrected chi connectivity index (χ0v) is 9.39. The Bertz CT molecular complexity index is 417. The van der Waals surface area contributed by atoms with Crippen LogP contribution in [-0.2, 0) is 0 Å². The molecule has 0 fully saturated rings. The number of aromatic hydroxyl groups is 1. The van der Waals surface area contributed by atoms with Gasteiger partial charge in [0, 0.05) is 10.5 Å². The van der Waals surface area contributed by atoms with Crippen LogP contribution in [0.15, 0.2) is 22.8 Å². The normalized spacial score (nSPS) is 10.5. The fourth-order valence-electron chi connectivity index (χ4n) is 0.992. The molecule has 5 nitrogen and oxygen atoms in total. The lowest BCUT2D eigenvalue weighted by molar-refractivity contribution is -0.400. The Balaban J connectivity index is 3.10. The molecule has 0 atom stereocenters. The van der Waals surface area contributed by atoms with Crippen molar-refractivity contribution >= 4 is 22.0 Å². The number of nitrogens with zero attached hydrogens (tertiary/aromatic N) is 1. The summed E-state index contributed by atoms with van der Waals surface area (Å²) in [5.74, 6) is 0.240. The number of hydrogen-bond donors (Lipinski definition) is 1. The summed E-state index contributed by atoms with van der Waals surface area (Å²) >= 11 is 3.21. The second kappa shape index (κ2) is 4.79. The highest BCUT2D eigenvalue weighted by molar-refractivity contribution is 9.10. The van der Waals surface area contributed by atoms with Crippen LogP contribution in [0, 0.1) is 10.1 Å². The van der Waals surface area contributed by atoms with Crippen LogP contribution in [0.4, 0.5) is 0 Å². The van der Waals surface area contributed by atoms with Crippen LogP contribution in [0.3, 0.4) is 0 Å². The lowest BCUT2D eigenvalue weighted by atomic mass is 10.2. The topological polar surface area (TPSA) is 72.6 Å². The van der Waals surface area contributed by atoms with E-state index in [0.717, 1.165) is 6.20 Å². The summed E-state index contributed by atoms with van der Waals surface area (Å²) < 4.78 is 5.48. The van der Waals surface area contributed by atoms with Crippen molar-refractivity contribution in [2.75, 3.05) is 7.11 Å². The second-order valence-corrected chi connectivity index (χ2v) is 3.50. The molecule has 0 amide bonds. The average molecular weight is 274 g/mol. The molecule has 80 valence electrons. The van der Waals surface area contributed by atoms with Crippen LogP contribution >= 0.6 is 15.9 Å². The standard InChI is InChI=1S/C9H8BrNO4/c1-15-9-5-7(10)6(4-8(9)12)2-3-11(13)14/h2-5,12H,1H3. The molecule has 0 spiro atoms. The molecule has 0 unspecified atom stereocenters. The van der Waals surface area contributed by atoms with Gasteiger partial charge >= 0.3 is 0 Å². The minimum Gasteiger partial charge on any atom is -0.504 e. The maximum atomic E-state index is 10.1. The molecule has 0 bridgehead atoms. The Hall–Kier alpha value is -1.56. The first kappa shape index (κ1) is 11.5. The Morgan fingerprint density at radius 1 is 1.60 bits per heavy atom. The van der Waals surface area contributed by atoms with Crippen molar-refractivity contribution in [2.24, 2.45) is 0 Å². The van der Waals surface area contributed by atoms with Crippen LogP contribution in [0.5, 0.6) is 11.5 Å². The van der Waals surface area contributed by atoms with E-state index in [1.54, 1.807) is 0 Å². The van der Waals surface area contributed by atoms with Gasteiger partial charge in [0.2, 0.25) is 6.20 Å². The van der Waals surface area contributed by atoms with Gasteiger partial charge in [0.05, 0.1) is 12.0 Å². The third-order valence-corrected chi connectivity index (χ3v) is 2.36. The molecular weight excluding hydrogens is 266 g/mol. The molecular formula is C9H8BrNO4. The Morgan fingerprint density at radius 2 is 2.27 bits per heavy atom. The van der Waals surface area contributed by atoms with E-state index in [-0.39, 0.29) is 5.75 Å². The van der Waals surface area contributed by atoms with E-state index in [0.29, 0.717) is 15.8 Å². The Labute approximate surface area is 94.3 Å². The van der Waals surface area contributed by atoms with Gasteiger partial charge in [-0.15, -0.1) is 0 Å². The van der Waals surface area contributed by atoms with Crippen LogP contribution in [-0.4, -0.2) is 17.1 Å². The number of phenolic OH excluding ortho intramolecular Hbond substituents is 1. The molecule has 0 aliphatic carbocycles. The molecule has 0 saturated heterocycles. The molecule has 0 aliphatic heterocycles. The fourth-order valence-corrected chi connectivity index (χ4v) is 1.45. The van der Waals surface area contributed by atoms with Gasteiger partial charge in [0.25, 0.3) is 0 Å². The van der Waals surface area contributed by atoms with E-state index < -0.39 is 4.92 Å². The zero-order valence-electron chi connectivity index (χ0n) is 7.81. The monoisotopic (exact) mass is 273 g/mol. The zero-order chi connectivity index (χ0) is 11.4. The molecule has 1 aromatic carbocycles. The van der Waals surface area contributed by atoms with Crippen molar-refractivity contribution in [1.29, 1.82) is 0 Å². The predicted octanol–water partition coefficient (Wildman–Crippen LogP) is 2.41. The number of nitro groups is 1. The maximum Gasteiger partial charge on any atom is 0.235 e. The number of benzene rings is 1. The molecule has 1 aromatic rings. The Morgan fingerprint density at radius 3 is 2.80 bits per heavy atom. The molecule has 0 aliphatic rings. The quantitative estimate of drug-likeness (QED) is 0.678. The van der Waals surface area contributed by atoms with Gasteiger partial charge < -0.3 is 9.84 Å². The van der Waals surface area contributed by atoms with Gasteiger partial charge in [0.1, 0.15) is 0 Å². The highest BCUT2D eigenvalue weighted by atomic mass is 79.9. The molecule has 1 rings (SSSR count). The predicted molar refractivity (Wildman–Crippen MR) is 58.4 cm³/mol. The van der Waals surface area contributed by atoms with Crippen LogP contribution in [0.25, 0.3) is 6.08 Å². The minimum atomic E-state index is -0.576. The van der Waals surface area contributed by atoms with Crippen LogP contribution in [0.1, 0.15) is 5.56 Å². The van der Waals surface area contributed by atoms with Crippen molar-refractivity contribution in [2.45, 2.75) is 0 Å². The van der Waals surface area contributed by atoms with E-state index in [4.69, 9.17) is 4.74 Å². The van der Waals surface area contributed by atoms with Gasteiger partial charge in [-0.05, 0) is 17.7 Å². The van der Waals surface area contributed by atoms with Crippen molar-refractivity contribution in [1.82, 2.24) is 0 Å². The summed E-state index contributed by atoms with van der Waals surface area (Å²) in [5.41, 5.74) is 0.505. The number of methoxy groups -OCH3 is 1. The van der Waals surface area contributed by atoms with Crippen LogP contribution in [0.2, 0.25) is 0 Å². The minimum absolute atomic E-state index is 0.0660. The first-order valence-corrected chi connectivity index (χ1v) is 4.72. The molecule has 0 aromatic heterocycles. The summed E-state index contributed by atoms with van der Waals surface area (Å²) in [6, 6.07) is 2.91.